The summed E-state index contributed by atoms with van der Waals surface area (Å²) in [6, 6.07) is 5.81. The van der Waals surface area contributed by atoms with Gasteiger partial charge in [0.1, 0.15) is 11.9 Å². The highest BCUT2D eigenvalue weighted by molar-refractivity contribution is 5.78. The minimum Gasteiger partial charge on any atom is -0.483 e. The number of benzene rings is 1. The standard InChI is InChI=1S/C15H19N5O3.CH2O2/c1-10-4-3-5-12(11(10)2)23-9-14(21)20-6-7-22-13(8-20)15-16-18-19-17-15;2-1-3/h3-5,13H,6-9H2,1-2H3,(H,16,17,18,19);1H,(H,2,3). The third kappa shape index (κ3) is 4.99. The van der Waals surface area contributed by atoms with Gasteiger partial charge in [-0.25, -0.2) is 0 Å². The van der Waals surface area contributed by atoms with Crippen LogP contribution < -0.4 is 4.74 Å². The van der Waals surface area contributed by atoms with Gasteiger partial charge in [-0.2, -0.15) is 5.21 Å². The number of amides is 1. The molecule has 1 aliphatic rings. The van der Waals surface area contributed by atoms with Crippen molar-refractivity contribution in [3.05, 3.63) is 35.2 Å². The molecule has 3 rings (SSSR count). The topological polar surface area (TPSA) is 131 Å². The number of aryl methyl sites for hydroxylation is 1. The minimum absolute atomic E-state index is 0.00323. The number of nitrogens with one attached hydrogen (secondary N) is 1. The van der Waals surface area contributed by atoms with Crippen molar-refractivity contribution in [1.29, 1.82) is 0 Å². The van der Waals surface area contributed by atoms with Crippen LogP contribution in [0.1, 0.15) is 23.1 Å². The highest BCUT2D eigenvalue weighted by atomic mass is 16.5. The number of H-pyrrole nitrogens is 1. The van der Waals surface area contributed by atoms with Crippen molar-refractivity contribution in [2.45, 2.75) is 20.0 Å². The summed E-state index contributed by atoms with van der Waals surface area (Å²) < 4.78 is 11.3. The van der Waals surface area contributed by atoms with Crippen LogP contribution >= 0.6 is 0 Å². The van der Waals surface area contributed by atoms with Crippen LogP contribution in [0, 0.1) is 13.8 Å². The molecular weight excluding hydrogens is 342 g/mol. The normalized spacial score (nSPS) is 16.4. The number of carbonyl (C=O) groups is 2. The van der Waals surface area contributed by atoms with Gasteiger partial charge in [0.25, 0.3) is 12.4 Å². The monoisotopic (exact) mass is 363 g/mol. The fourth-order valence-electron chi connectivity index (χ4n) is 2.45. The Bertz CT molecular complexity index is 722. The molecule has 1 unspecified atom stereocenters. The molecule has 0 spiro atoms. The SMILES string of the molecule is Cc1cccc(OCC(=O)N2CCOC(c3nn[nH]n3)C2)c1C.O=CO. The first kappa shape index (κ1) is 19.3. The molecule has 2 heterocycles. The number of tetrazole rings is 1. The van der Waals surface area contributed by atoms with E-state index >= 15 is 0 Å². The van der Waals surface area contributed by atoms with E-state index in [-0.39, 0.29) is 25.1 Å². The Kier molecular flexibility index (Phi) is 7.03. The molecule has 1 aromatic carbocycles. The highest BCUT2D eigenvalue weighted by Gasteiger charge is 2.28. The van der Waals surface area contributed by atoms with Gasteiger partial charge in [0.05, 0.1) is 13.2 Å². The molecule has 1 fully saturated rings. The maximum atomic E-state index is 12.4. The first-order chi connectivity index (χ1) is 12.6. The second kappa shape index (κ2) is 9.47. The highest BCUT2D eigenvalue weighted by Crippen LogP contribution is 2.21. The van der Waals surface area contributed by atoms with E-state index in [4.69, 9.17) is 19.4 Å². The molecule has 0 radical (unpaired) electrons. The fraction of sp³-hybridized carbons (Fsp3) is 0.438. The van der Waals surface area contributed by atoms with Crippen LogP contribution in [-0.4, -0.2) is 69.3 Å². The van der Waals surface area contributed by atoms with E-state index in [9.17, 15) is 4.79 Å². The van der Waals surface area contributed by atoms with E-state index in [0.717, 1.165) is 16.9 Å². The molecule has 1 amide bonds. The molecule has 26 heavy (non-hydrogen) atoms. The molecule has 140 valence electrons. The first-order valence-corrected chi connectivity index (χ1v) is 7.96. The molecule has 0 aliphatic carbocycles. The van der Waals surface area contributed by atoms with Gasteiger partial charge in [-0.05, 0) is 31.0 Å². The van der Waals surface area contributed by atoms with Crippen LogP contribution in [0.5, 0.6) is 5.75 Å². The largest absolute Gasteiger partial charge is 0.483 e. The Morgan fingerprint density at radius 2 is 2.27 bits per heavy atom. The number of hydrogen-bond donors (Lipinski definition) is 2. The van der Waals surface area contributed by atoms with E-state index in [0.29, 0.717) is 25.5 Å². The predicted molar refractivity (Wildman–Crippen MR) is 89.6 cm³/mol. The van der Waals surface area contributed by atoms with Gasteiger partial charge in [0.15, 0.2) is 6.61 Å². The molecule has 1 saturated heterocycles. The number of morpholine rings is 1. The zero-order chi connectivity index (χ0) is 18.9. The van der Waals surface area contributed by atoms with Crippen molar-refractivity contribution in [2.75, 3.05) is 26.3 Å². The zero-order valence-corrected chi connectivity index (χ0v) is 14.6. The summed E-state index contributed by atoms with van der Waals surface area (Å²) in [7, 11) is 0. The first-order valence-electron chi connectivity index (χ1n) is 7.96. The van der Waals surface area contributed by atoms with Crippen LogP contribution in [0.4, 0.5) is 0 Å². The van der Waals surface area contributed by atoms with Crippen LogP contribution in [0.3, 0.4) is 0 Å². The van der Waals surface area contributed by atoms with Crippen molar-refractivity contribution in [1.82, 2.24) is 25.5 Å². The van der Waals surface area contributed by atoms with Crippen molar-refractivity contribution in [3.63, 3.8) is 0 Å². The number of carbonyl (C=O) groups excluding carboxylic acids is 1. The summed E-state index contributed by atoms with van der Waals surface area (Å²) in [6.45, 7) is 5.12. The summed E-state index contributed by atoms with van der Waals surface area (Å²) in [5.41, 5.74) is 2.19. The number of rotatable bonds is 4. The lowest BCUT2D eigenvalue weighted by atomic mass is 10.1. The maximum absolute atomic E-state index is 12.4. The molecule has 0 saturated carbocycles. The van der Waals surface area contributed by atoms with E-state index in [1.54, 1.807) is 4.90 Å². The van der Waals surface area contributed by atoms with E-state index in [1.165, 1.54) is 0 Å². The summed E-state index contributed by atoms with van der Waals surface area (Å²) in [4.78, 5) is 22.4. The van der Waals surface area contributed by atoms with Gasteiger partial charge in [0.2, 0.25) is 5.82 Å². The molecular formula is C16H21N5O5. The summed E-state index contributed by atoms with van der Waals surface area (Å²) in [6.07, 6.45) is -0.354. The number of aromatic amines is 1. The molecule has 10 heteroatoms. The average Bonchev–Trinajstić information content (AvgIpc) is 3.18. The Labute approximate surface area is 150 Å². The number of hydrogen-bond acceptors (Lipinski definition) is 7. The lowest BCUT2D eigenvalue weighted by Crippen LogP contribution is -2.44. The van der Waals surface area contributed by atoms with E-state index in [1.807, 2.05) is 32.0 Å². The molecule has 10 nitrogen and oxygen atoms in total. The third-order valence-corrected chi connectivity index (χ3v) is 3.97. The van der Waals surface area contributed by atoms with Crippen molar-refractivity contribution >= 4 is 12.4 Å². The van der Waals surface area contributed by atoms with Gasteiger partial charge in [-0.15, -0.1) is 10.2 Å². The Morgan fingerprint density at radius 3 is 2.96 bits per heavy atom. The summed E-state index contributed by atoms with van der Waals surface area (Å²) in [5, 5.41) is 20.6. The Hall–Kier alpha value is -3.01. The molecule has 1 aromatic heterocycles. The van der Waals surface area contributed by atoms with Crippen LogP contribution in [0.2, 0.25) is 0 Å². The number of carboxylic acid groups (broad SMARTS) is 1. The molecule has 2 aromatic rings. The van der Waals surface area contributed by atoms with Crippen molar-refractivity contribution in [3.8, 4) is 5.75 Å². The van der Waals surface area contributed by atoms with Crippen molar-refractivity contribution < 1.29 is 24.2 Å². The Balaban J connectivity index is 0.000000758. The molecule has 1 aliphatic heterocycles. The molecule has 0 bridgehead atoms. The number of nitrogens with zero attached hydrogens (tertiary/aromatic N) is 4. The smallest absolute Gasteiger partial charge is 0.290 e. The lowest BCUT2D eigenvalue weighted by molar-refractivity contribution is -0.141. The van der Waals surface area contributed by atoms with Crippen LogP contribution in [0.15, 0.2) is 18.2 Å². The van der Waals surface area contributed by atoms with E-state index < -0.39 is 0 Å². The minimum atomic E-state index is -0.354. The van der Waals surface area contributed by atoms with Gasteiger partial charge in [-0.3, -0.25) is 9.59 Å². The Morgan fingerprint density at radius 1 is 1.50 bits per heavy atom. The summed E-state index contributed by atoms with van der Waals surface area (Å²) in [5.74, 6) is 1.11. The zero-order valence-electron chi connectivity index (χ0n) is 14.6. The predicted octanol–water partition coefficient (Wildman–Crippen LogP) is 0.496. The quantitative estimate of drug-likeness (QED) is 0.751. The van der Waals surface area contributed by atoms with Crippen LogP contribution in [0.25, 0.3) is 0 Å². The van der Waals surface area contributed by atoms with Crippen molar-refractivity contribution in [2.24, 2.45) is 0 Å². The van der Waals surface area contributed by atoms with Gasteiger partial charge in [-0.1, -0.05) is 17.3 Å². The van der Waals surface area contributed by atoms with E-state index in [2.05, 4.69) is 20.6 Å². The molecule has 2 N–H and O–H groups in total. The number of aromatic nitrogens is 4. The van der Waals surface area contributed by atoms with Gasteiger partial charge >= 0.3 is 0 Å². The summed E-state index contributed by atoms with van der Waals surface area (Å²) >= 11 is 0. The van der Waals surface area contributed by atoms with Gasteiger partial charge < -0.3 is 19.5 Å². The van der Waals surface area contributed by atoms with Gasteiger partial charge in [0, 0.05) is 6.54 Å². The average molecular weight is 363 g/mol. The fourth-order valence-corrected chi connectivity index (χ4v) is 2.45. The molecule has 1 atom stereocenters. The maximum Gasteiger partial charge on any atom is 0.290 e. The van der Waals surface area contributed by atoms with Crippen LogP contribution in [-0.2, 0) is 14.3 Å². The second-order valence-corrected chi connectivity index (χ2v) is 5.56. The lowest BCUT2D eigenvalue weighted by Gasteiger charge is -2.31. The third-order valence-electron chi connectivity index (χ3n) is 3.97. The second-order valence-electron chi connectivity index (χ2n) is 5.56. The number of ether oxygens (including phenoxy) is 2.